The minimum Gasteiger partial charge on any atom is -0.478 e. The van der Waals surface area contributed by atoms with Gasteiger partial charge in [0.25, 0.3) is 11.8 Å². The lowest BCUT2D eigenvalue weighted by Gasteiger charge is -2.35. The molecule has 2 aliphatic rings. The predicted molar refractivity (Wildman–Crippen MR) is 216 cm³/mol. The van der Waals surface area contributed by atoms with E-state index in [-0.39, 0.29) is 38.3 Å². The van der Waals surface area contributed by atoms with Crippen molar-refractivity contribution in [3.8, 4) is 0 Å². The highest BCUT2D eigenvalue weighted by atomic mass is 19.1. The summed E-state index contributed by atoms with van der Waals surface area (Å²) >= 11 is 0. The molecule has 336 valence electrons. The number of nitrogens with zero attached hydrogens (tertiary/aromatic N) is 1. The summed E-state index contributed by atoms with van der Waals surface area (Å²) in [7, 11) is 0. The number of aromatic carboxylic acids is 1. The highest BCUT2D eigenvalue weighted by Gasteiger charge is 2.46. The first-order valence-electron chi connectivity index (χ1n) is 20.4. The second-order valence-corrected chi connectivity index (χ2v) is 15.7. The summed E-state index contributed by atoms with van der Waals surface area (Å²) < 4.78 is 34.9. The molecule has 7 amide bonds. The highest BCUT2D eigenvalue weighted by Crippen LogP contribution is 2.30. The van der Waals surface area contributed by atoms with E-state index in [4.69, 9.17) is 10.5 Å². The van der Waals surface area contributed by atoms with Crippen molar-refractivity contribution in [2.45, 2.75) is 102 Å². The number of carboxylic acid groups (broad SMARTS) is 1. The second-order valence-electron chi connectivity index (χ2n) is 15.7. The Hall–Kier alpha value is -6.47. The van der Waals surface area contributed by atoms with Crippen molar-refractivity contribution in [3.63, 3.8) is 0 Å². The van der Waals surface area contributed by atoms with Crippen LogP contribution in [0.25, 0.3) is 0 Å². The molecule has 0 radical (unpaired) electrons. The summed E-state index contributed by atoms with van der Waals surface area (Å²) in [5.41, 5.74) is 3.46. The number of benzene rings is 2. The van der Waals surface area contributed by atoms with Crippen molar-refractivity contribution in [2.24, 2.45) is 17.6 Å². The standard InChI is InChI=1S/C42H53F2N7O11/c1-4-11-28(35(53)39(57)46-19-30(52)49-33(36(45)54)23-12-7-5-8-13-23)48-37(55)29-18-25(47-42(61)62-21-22(2)3)20-51(29)40(58)34(24-14-9-6-10-15-24)50-38(56)31-26(43)16-17-27(44)32(31)41(59)60/h5,7-8,12-13,16-17,22,24-25,28-29,33-34H,4,6,9-11,14-15,18-21H2,1-3H3,(H2,45,54)(H,46,57)(H,47,61)(H,48,55)(H,49,52)(H,50,56)(H,59,60)/t25-,28?,29-,33+,34+/m0/s1. The van der Waals surface area contributed by atoms with E-state index in [0.717, 1.165) is 11.3 Å². The molecule has 1 saturated carbocycles. The topological polar surface area (TPSA) is 272 Å². The van der Waals surface area contributed by atoms with Gasteiger partial charge >= 0.3 is 12.1 Å². The third kappa shape index (κ3) is 12.8. The third-order valence-electron chi connectivity index (χ3n) is 10.5. The van der Waals surface area contributed by atoms with E-state index in [1.807, 2.05) is 13.8 Å². The lowest BCUT2D eigenvalue weighted by molar-refractivity contribution is -0.143. The van der Waals surface area contributed by atoms with Crippen molar-refractivity contribution in [2.75, 3.05) is 19.7 Å². The van der Waals surface area contributed by atoms with Crippen LogP contribution in [0.5, 0.6) is 0 Å². The number of carboxylic acids is 1. The van der Waals surface area contributed by atoms with E-state index in [1.54, 1.807) is 37.3 Å². The van der Waals surface area contributed by atoms with Gasteiger partial charge in [-0.15, -0.1) is 0 Å². The molecule has 1 heterocycles. The number of rotatable bonds is 19. The quantitative estimate of drug-likeness (QED) is 0.100. The minimum absolute atomic E-state index is 0.0219. The van der Waals surface area contributed by atoms with Gasteiger partial charge in [-0.2, -0.15) is 0 Å². The van der Waals surface area contributed by atoms with Gasteiger partial charge in [-0.05, 0) is 55.2 Å². The number of alkyl carbamates (subject to hydrolysis) is 1. The first-order chi connectivity index (χ1) is 29.4. The fraction of sp³-hybridized carbons (Fsp3) is 0.500. The van der Waals surface area contributed by atoms with Crippen molar-refractivity contribution >= 4 is 53.3 Å². The fourth-order valence-electron chi connectivity index (χ4n) is 7.51. The molecule has 1 aliphatic heterocycles. The fourth-order valence-corrected chi connectivity index (χ4v) is 7.51. The van der Waals surface area contributed by atoms with E-state index in [0.29, 0.717) is 43.4 Å². The summed E-state index contributed by atoms with van der Waals surface area (Å²) in [6.07, 6.45) is 2.04. The molecule has 4 rings (SSSR count). The molecule has 1 aliphatic carbocycles. The number of ether oxygens (including phenoxy) is 1. The Morgan fingerprint density at radius 3 is 2.13 bits per heavy atom. The van der Waals surface area contributed by atoms with Crippen LogP contribution < -0.4 is 32.3 Å². The average Bonchev–Trinajstić information content (AvgIpc) is 3.67. The highest BCUT2D eigenvalue weighted by molar-refractivity contribution is 6.38. The summed E-state index contributed by atoms with van der Waals surface area (Å²) in [6, 6.07) is 2.70. The van der Waals surface area contributed by atoms with E-state index < -0.39 is 119 Å². The van der Waals surface area contributed by atoms with Crippen LogP contribution in [-0.4, -0.2) is 107 Å². The third-order valence-corrected chi connectivity index (χ3v) is 10.5. The van der Waals surface area contributed by atoms with Gasteiger partial charge in [0.05, 0.1) is 30.8 Å². The van der Waals surface area contributed by atoms with Crippen LogP contribution >= 0.6 is 0 Å². The number of carbonyl (C=O) groups excluding carboxylic acids is 8. The van der Waals surface area contributed by atoms with Crippen LogP contribution in [0, 0.1) is 23.5 Å². The molecule has 0 bridgehead atoms. The van der Waals surface area contributed by atoms with Crippen molar-refractivity contribution in [1.82, 2.24) is 31.5 Å². The number of carbonyl (C=O) groups is 9. The molecule has 0 spiro atoms. The van der Waals surface area contributed by atoms with Crippen LogP contribution in [0.15, 0.2) is 42.5 Å². The van der Waals surface area contributed by atoms with E-state index >= 15 is 4.39 Å². The van der Waals surface area contributed by atoms with Crippen LogP contribution in [0.4, 0.5) is 13.6 Å². The van der Waals surface area contributed by atoms with Gasteiger partial charge < -0.3 is 47.1 Å². The molecule has 1 unspecified atom stereocenters. The average molecular weight is 870 g/mol. The monoisotopic (exact) mass is 869 g/mol. The van der Waals surface area contributed by atoms with Crippen molar-refractivity contribution in [1.29, 1.82) is 0 Å². The lowest BCUT2D eigenvalue weighted by atomic mass is 9.83. The Balaban J connectivity index is 1.57. The van der Waals surface area contributed by atoms with Gasteiger partial charge in [0.1, 0.15) is 35.3 Å². The molecule has 20 heteroatoms. The largest absolute Gasteiger partial charge is 0.478 e. The number of primary amides is 1. The first kappa shape index (κ1) is 48.2. The Kier molecular flexibility index (Phi) is 17.4. The van der Waals surface area contributed by atoms with E-state index in [1.165, 1.54) is 0 Å². The molecular weight excluding hydrogens is 816 g/mol. The number of nitrogens with one attached hydrogen (secondary N) is 5. The Bertz CT molecular complexity index is 2010. The molecule has 1 saturated heterocycles. The molecule has 2 aromatic carbocycles. The molecule has 5 atom stereocenters. The summed E-state index contributed by atoms with van der Waals surface area (Å²) in [6.45, 7) is 4.31. The molecule has 0 aromatic heterocycles. The minimum atomic E-state index is -1.92. The SMILES string of the molecule is CCCC(NC(=O)[C@@H]1C[C@H](NC(=O)OCC(C)C)CN1C(=O)[C@H](NC(=O)c1c(F)ccc(F)c1C(=O)O)C1CCCCC1)C(=O)C(=O)NCC(=O)N[C@@H](C(N)=O)c1ccccc1. The molecule has 62 heavy (non-hydrogen) atoms. The molecule has 18 nitrogen and oxygen atoms in total. The van der Waals surface area contributed by atoms with E-state index in [9.17, 15) is 52.6 Å². The number of ketones is 1. The van der Waals surface area contributed by atoms with Crippen LogP contribution in [0.2, 0.25) is 0 Å². The second kappa shape index (κ2) is 22.4. The van der Waals surface area contributed by atoms with Gasteiger partial charge in [-0.3, -0.25) is 33.6 Å². The lowest BCUT2D eigenvalue weighted by Crippen LogP contribution is -2.58. The van der Waals surface area contributed by atoms with E-state index in [2.05, 4.69) is 26.6 Å². The molecular formula is C42H53F2N7O11. The Morgan fingerprint density at radius 1 is 0.887 bits per heavy atom. The van der Waals surface area contributed by atoms with Gasteiger partial charge in [0, 0.05) is 6.54 Å². The van der Waals surface area contributed by atoms with Gasteiger partial charge in [-0.25, -0.2) is 18.4 Å². The zero-order valence-electron chi connectivity index (χ0n) is 34.7. The molecule has 2 fully saturated rings. The van der Waals surface area contributed by atoms with Crippen molar-refractivity contribution in [3.05, 3.63) is 70.8 Å². The van der Waals surface area contributed by atoms with Gasteiger partial charge in [0.15, 0.2) is 0 Å². The number of nitrogens with two attached hydrogens (primary N) is 1. The van der Waals surface area contributed by atoms with Crippen LogP contribution in [-0.2, 0) is 33.5 Å². The molecule has 8 N–H and O–H groups in total. The maximum absolute atomic E-state index is 15.0. The van der Waals surface area contributed by atoms with Gasteiger partial charge in [0.2, 0.25) is 29.4 Å². The maximum Gasteiger partial charge on any atom is 0.407 e. The number of Topliss-reactive ketones (excluding diaryl/α,β-unsaturated/α-hetero) is 1. The van der Waals surface area contributed by atoms with Crippen LogP contribution in [0.3, 0.4) is 0 Å². The number of hydrogen-bond acceptors (Lipinski definition) is 10. The van der Waals surface area contributed by atoms with Gasteiger partial charge in [-0.1, -0.05) is 76.8 Å². The predicted octanol–water partition coefficient (Wildman–Crippen LogP) is 2.01. The Morgan fingerprint density at radius 2 is 1.53 bits per heavy atom. The normalized spacial score (nSPS) is 17.8. The molecule has 2 aromatic rings. The Labute approximate surface area is 356 Å². The van der Waals surface area contributed by atoms with Crippen molar-refractivity contribution < 1.29 is 61.8 Å². The van der Waals surface area contributed by atoms with Crippen LogP contribution in [0.1, 0.15) is 104 Å². The maximum atomic E-state index is 15.0. The summed E-state index contributed by atoms with van der Waals surface area (Å²) in [4.78, 5) is 119. The summed E-state index contributed by atoms with van der Waals surface area (Å²) in [5, 5.41) is 21.8. The number of halogens is 2. The first-order valence-corrected chi connectivity index (χ1v) is 20.4. The number of amides is 7. The smallest absolute Gasteiger partial charge is 0.407 e. The zero-order valence-corrected chi connectivity index (χ0v) is 34.7. The zero-order chi connectivity index (χ0) is 45.7. The number of hydrogen-bond donors (Lipinski definition) is 7. The summed E-state index contributed by atoms with van der Waals surface area (Å²) in [5.74, 6) is -12.5. The number of likely N-dealkylation sites (tertiary alicyclic amines) is 1.